The van der Waals surface area contributed by atoms with Crippen molar-refractivity contribution in [3.8, 4) is 5.75 Å². The van der Waals surface area contributed by atoms with Crippen molar-refractivity contribution in [1.29, 1.82) is 0 Å². The van der Waals surface area contributed by atoms with E-state index in [0.717, 1.165) is 10.9 Å². The number of benzene rings is 2. The molecule has 2 aromatic carbocycles. The average Bonchev–Trinajstić information content (AvgIpc) is 2.64. The van der Waals surface area contributed by atoms with Crippen molar-refractivity contribution in [2.45, 2.75) is 91.6 Å². The lowest BCUT2D eigenvalue weighted by atomic mass is 10.0. The van der Waals surface area contributed by atoms with Crippen LogP contribution in [0.15, 0.2) is 36.4 Å². The molecule has 0 heterocycles. The molecule has 0 aliphatic rings. The zero-order chi connectivity index (χ0) is 25.0. The molecule has 0 unspecified atom stereocenters. The summed E-state index contributed by atoms with van der Waals surface area (Å²) < 4.78 is 52.2. The van der Waals surface area contributed by atoms with E-state index >= 15 is 0 Å². The fraction of sp³-hybridized carbons (Fsp3) is 0.583. The summed E-state index contributed by atoms with van der Waals surface area (Å²) in [5.41, 5.74) is 0.730. The van der Waals surface area contributed by atoms with Gasteiger partial charge in [0.2, 0.25) is 0 Å². The van der Waals surface area contributed by atoms with Gasteiger partial charge >= 0.3 is 15.2 Å². The zero-order valence-electron chi connectivity index (χ0n) is 20.8. The number of aromatic hydroxyl groups is 1. The number of phenols is 1. The number of phenolic OH excluding ortho intramolecular Hbond substituents is 1. The van der Waals surface area contributed by atoms with Crippen molar-refractivity contribution in [3.63, 3.8) is 0 Å². The number of rotatable bonds is 12. The molecule has 0 amide bonds. The Morgan fingerprint density at radius 1 is 0.667 bits per heavy atom. The van der Waals surface area contributed by atoms with Gasteiger partial charge in [-0.1, -0.05) is 30.3 Å². The van der Waals surface area contributed by atoms with Gasteiger partial charge in [0.05, 0.1) is 24.4 Å². The standard InChI is InChI=1S/C24H38O7P2/c1-16(2)28-32(26,29-17(3)4)24(33(27,30-18(5)6)31-19(7)8)15-20-13-14-23(25)22-12-10-9-11-21(20)22/h9-14,16-19,24-25H,15H2,1-8H3. The van der Waals surface area contributed by atoms with Crippen molar-refractivity contribution < 1.29 is 32.3 Å². The SMILES string of the molecule is CC(C)OP(=O)(OC(C)C)C(Cc1ccc(O)c2ccccc12)P(=O)(OC(C)C)OC(C)C. The fourth-order valence-corrected chi connectivity index (χ4v) is 9.51. The Labute approximate surface area is 197 Å². The minimum absolute atomic E-state index is 0.0498. The van der Waals surface area contributed by atoms with Gasteiger partial charge in [-0.15, -0.1) is 0 Å². The Morgan fingerprint density at radius 2 is 1.06 bits per heavy atom. The summed E-state index contributed by atoms with van der Waals surface area (Å²) in [6, 6.07) is 10.6. The molecule has 2 rings (SSSR count). The van der Waals surface area contributed by atoms with Crippen LogP contribution in [0, 0.1) is 0 Å². The average molecular weight is 501 g/mol. The summed E-state index contributed by atoms with van der Waals surface area (Å²) in [6.45, 7) is 14.0. The largest absolute Gasteiger partial charge is 0.507 e. The van der Waals surface area contributed by atoms with Gasteiger partial charge in [0.25, 0.3) is 0 Å². The molecule has 9 heteroatoms. The van der Waals surface area contributed by atoms with E-state index in [-0.39, 0.29) is 12.2 Å². The number of hydrogen-bond acceptors (Lipinski definition) is 7. The third-order valence-electron chi connectivity index (χ3n) is 4.55. The van der Waals surface area contributed by atoms with Crippen molar-refractivity contribution in [2.75, 3.05) is 0 Å². The van der Waals surface area contributed by atoms with Gasteiger partial charge in [0.1, 0.15) is 5.75 Å². The van der Waals surface area contributed by atoms with Crippen LogP contribution in [0.3, 0.4) is 0 Å². The predicted molar refractivity (Wildman–Crippen MR) is 133 cm³/mol. The molecule has 0 aromatic heterocycles. The van der Waals surface area contributed by atoms with Crippen LogP contribution in [-0.2, 0) is 33.6 Å². The van der Waals surface area contributed by atoms with Crippen molar-refractivity contribution in [2.24, 2.45) is 0 Å². The van der Waals surface area contributed by atoms with Gasteiger partial charge < -0.3 is 23.2 Å². The Kier molecular flexibility index (Phi) is 9.76. The van der Waals surface area contributed by atoms with Crippen LogP contribution in [0.5, 0.6) is 5.75 Å². The summed E-state index contributed by atoms with van der Waals surface area (Å²) >= 11 is 0. The number of hydrogen-bond donors (Lipinski definition) is 1. The molecule has 186 valence electrons. The molecule has 0 spiro atoms. The van der Waals surface area contributed by atoms with Gasteiger partial charge in [0, 0.05) is 5.39 Å². The molecular weight excluding hydrogens is 462 g/mol. The van der Waals surface area contributed by atoms with E-state index in [0.29, 0.717) is 5.39 Å². The second-order valence-electron chi connectivity index (χ2n) is 9.17. The van der Waals surface area contributed by atoms with E-state index in [1.54, 1.807) is 73.6 Å². The van der Waals surface area contributed by atoms with E-state index in [4.69, 9.17) is 18.1 Å². The maximum absolute atomic E-state index is 14.3. The third kappa shape index (κ3) is 7.39. The summed E-state index contributed by atoms with van der Waals surface area (Å²) in [7, 11) is -8.01. The second kappa shape index (κ2) is 11.5. The van der Waals surface area contributed by atoms with Crippen LogP contribution in [0.2, 0.25) is 0 Å². The first kappa shape index (κ1) is 28.0. The summed E-state index contributed by atoms with van der Waals surface area (Å²) in [5, 5.41) is 10.5. The molecule has 0 bridgehead atoms. The molecule has 0 aliphatic carbocycles. The molecule has 0 saturated heterocycles. The van der Waals surface area contributed by atoms with Crippen molar-refractivity contribution in [3.05, 3.63) is 42.0 Å². The van der Waals surface area contributed by atoms with E-state index in [1.165, 1.54) is 0 Å². The Morgan fingerprint density at radius 3 is 1.45 bits per heavy atom. The molecule has 2 aromatic rings. The summed E-state index contributed by atoms with van der Waals surface area (Å²) in [4.78, 5) is 0. The molecule has 0 radical (unpaired) electrons. The van der Waals surface area contributed by atoms with Crippen LogP contribution in [0.4, 0.5) is 0 Å². The van der Waals surface area contributed by atoms with E-state index < -0.39 is 45.0 Å². The molecular formula is C24H38O7P2. The molecule has 0 saturated carbocycles. The monoisotopic (exact) mass is 500 g/mol. The molecule has 0 fully saturated rings. The molecule has 1 N–H and O–H groups in total. The predicted octanol–water partition coefficient (Wildman–Crippen LogP) is 7.50. The third-order valence-corrected chi connectivity index (χ3v) is 10.9. The van der Waals surface area contributed by atoms with Crippen LogP contribution >= 0.6 is 15.2 Å². The second-order valence-corrected chi connectivity index (χ2v) is 13.8. The van der Waals surface area contributed by atoms with Gasteiger partial charge in [-0.2, -0.15) is 0 Å². The van der Waals surface area contributed by atoms with Crippen LogP contribution in [0.1, 0.15) is 61.0 Å². The highest BCUT2D eigenvalue weighted by molar-refractivity contribution is 7.72. The zero-order valence-corrected chi connectivity index (χ0v) is 22.6. The van der Waals surface area contributed by atoms with Crippen LogP contribution in [-0.4, -0.2) is 34.9 Å². The van der Waals surface area contributed by atoms with Gasteiger partial charge in [-0.25, -0.2) is 0 Å². The Hall–Kier alpha value is -1.20. The quantitative estimate of drug-likeness (QED) is 0.302. The lowest BCUT2D eigenvalue weighted by Crippen LogP contribution is -2.25. The minimum Gasteiger partial charge on any atom is -0.507 e. The van der Waals surface area contributed by atoms with E-state index in [9.17, 15) is 14.2 Å². The highest BCUT2D eigenvalue weighted by Crippen LogP contribution is 2.72. The van der Waals surface area contributed by atoms with Crippen LogP contribution in [0.25, 0.3) is 10.8 Å². The van der Waals surface area contributed by atoms with Crippen LogP contribution < -0.4 is 0 Å². The van der Waals surface area contributed by atoms with Crippen molar-refractivity contribution in [1.82, 2.24) is 0 Å². The molecule has 33 heavy (non-hydrogen) atoms. The number of fused-ring (bicyclic) bond motifs is 1. The topological polar surface area (TPSA) is 91.3 Å². The Bertz CT molecular complexity index is 951. The maximum atomic E-state index is 14.3. The van der Waals surface area contributed by atoms with Gasteiger partial charge in [-0.3, -0.25) is 9.13 Å². The smallest absolute Gasteiger partial charge is 0.346 e. The summed E-state index contributed by atoms with van der Waals surface area (Å²) in [6.07, 6.45) is -1.73. The van der Waals surface area contributed by atoms with E-state index in [1.807, 2.05) is 18.2 Å². The highest BCUT2D eigenvalue weighted by Gasteiger charge is 2.53. The first-order chi connectivity index (χ1) is 15.3. The fourth-order valence-electron chi connectivity index (χ4n) is 3.62. The van der Waals surface area contributed by atoms with E-state index in [2.05, 4.69) is 0 Å². The molecule has 7 nitrogen and oxygen atoms in total. The highest BCUT2D eigenvalue weighted by atomic mass is 31.2. The first-order valence-electron chi connectivity index (χ1n) is 11.4. The molecule has 0 aliphatic heterocycles. The lowest BCUT2D eigenvalue weighted by Gasteiger charge is -2.35. The lowest BCUT2D eigenvalue weighted by molar-refractivity contribution is 0.122. The van der Waals surface area contributed by atoms with Gasteiger partial charge in [0.15, 0.2) is 5.40 Å². The normalized spacial score (nSPS) is 13.4. The van der Waals surface area contributed by atoms with Crippen molar-refractivity contribution >= 4 is 26.0 Å². The minimum atomic E-state index is -4.01. The molecule has 0 atom stereocenters. The van der Waals surface area contributed by atoms with Gasteiger partial charge in [-0.05, 0) is 78.8 Å². The maximum Gasteiger partial charge on any atom is 0.346 e. The summed E-state index contributed by atoms with van der Waals surface area (Å²) in [5.74, 6) is 0.131. The Balaban J connectivity index is 2.74. The first-order valence-corrected chi connectivity index (χ1v) is 14.6.